The molecule has 0 unspecified atom stereocenters. The van der Waals surface area contributed by atoms with E-state index in [-0.39, 0.29) is 12.3 Å². The Morgan fingerprint density at radius 2 is 1.88 bits per heavy atom. The third-order valence-electron chi connectivity index (χ3n) is 2.23. The van der Waals surface area contributed by atoms with Crippen LogP contribution in [0.4, 0.5) is 5.69 Å². The molecule has 0 radical (unpaired) electrons. The van der Waals surface area contributed by atoms with Crippen molar-refractivity contribution in [1.29, 1.82) is 5.26 Å². The predicted molar refractivity (Wildman–Crippen MR) is 65.3 cm³/mol. The summed E-state index contributed by atoms with van der Waals surface area (Å²) in [6, 6.07) is 11.2. The highest BCUT2D eigenvalue weighted by Gasteiger charge is 2.10. The number of rotatable bonds is 6. The van der Waals surface area contributed by atoms with Gasteiger partial charge in [0.2, 0.25) is 0 Å². The van der Waals surface area contributed by atoms with E-state index in [1.54, 1.807) is 4.90 Å². The van der Waals surface area contributed by atoms with Crippen LogP contribution in [-0.4, -0.2) is 31.8 Å². The van der Waals surface area contributed by atoms with E-state index < -0.39 is 10.1 Å². The van der Waals surface area contributed by atoms with E-state index in [4.69, 9.17) is 9.81 Å². The molecule has 0 aliphatic carbocycles. The third-order valence-corrected chi connectivity index (χ3v) is 2.93. The van der Waals surface area contributed by atoms with Crippen LogP contribution >= 0.6 is 0 Å². The zero-order chi connectivity index (χ0) is 12.7. The summed E-state index contributed by atoms with van der Waals surface area (Å²) in [5, 5.41) is 8.55. The molecule has 1 N–H and O–H groups in total. The van der Waals surface area contributed by atoms with Gasteiger partial charge in [0.05, 0.1) is 18.2 Å². The van der Waals surface area contributed by atoms with Crippen LogP contribution in [0.15, 0.2) is 30.3 Å². The number of benzene rings is 1. The molecule has 1 aromatic rings. The van der Waals surface area contributed by atoms with Crippen LogP contribution in [-0.2, 0) is 10.1 Å². The van der Waals surface area contributed by atoms with Gasteiger partial charge in [0.1, 0.15) is 0 Å². The zero-order valence-electron chi connectivity index (χ0n) is 9.28. The van der Waals surface area contributed by atoms with Crippen molar-refractivity contribution in [2.75, 3.05) is 23.7 Å². The molecule has 6 heteroatoms. The van der Waals surface area contributed by atoms with Gasteiger partial charge in [-0.1, -0.05) is 18.2 Å². The van der Waals surface area contributed by atoms with E-state index in [0.717, 1.165) is 5.69 Å². The standard InChI is InChI=1S/C11H14N2O3S/c12-7-4-8-13(9-10-17(14,15)16)11-5-2-1-3-6-11/h1-3,5-6H,4,8-10H2,(H,14,15,16). The van der Waals surface area contributed by atoms with E-state index in [0.29, 0.717) is 13.0 Å². The molecule has 5 nitrogen and oxygen atoms in total. The molecule has 0 atom stereocenters. The van der Waals surface area contributed by atoms with Crippen LogP contribution in [0.25, 0.3) is 0 Å². The minimum atomic E-state index is -3.98. The van der Waals surface area contributed by atoms with Gasteiger partial charge in [0, 0.05) is 18.8 Å². The molecular formula is C11H14N2O3S. The Morgan fingerprint density at radius 3 is 2.41 bits per heavy atom. The molecule has 1 aromatic carbocycles. The maximum Gasteiger partial charge on any atom is 0.266 e. The lowest BCUT2D eigenvalue weighted by molar-refractivity contribution is 0.482. The van der Waals surface area contributed by atoms with Gasteiger partial charge in [-0.25, -0.2) is 0 Å². The summed E-state index contributed by atoms with van der Waals surface area (Å²) < 4.78 is 30.1. The highest BCUT2D eigenvalue weighted by molar-refractivity contribution is 7.85. The number of nitriles is 1. The summed E-state index contributed by atoms with van der Waals surface area (Å²) in [5.74, 6) is -0.340. The van der Waals surface area contributed by atoms with Crippen molar-refractivity contribution in [1.82, 2.24) is 0 Å². The highest BCUT2D eigenvalue weighted by atomic mass is 32.2. The number of anilines is 1. The smallest absolute Gasteiger partial charge is 0.266 e. The number of hydrogen-bond acceptors (Lipinski definition) is 4. The molecular weight excluding hydrogens is 240 g/mol. The molecule has 92 valence electrons. The molecule has 0 bridgehead atoms. The van der Waals surface area contributed by atoms with Gasteiger partial charge in [-0.3, -0.25) is 4.55 Å². The SMILES string of the molecule is N#CCCN(CCS(=O)(=O)O)c1ccccc1. The lowest BCUT2D eigenvalue weighted by atomic mass is 10.2. The molecule has 0 heterocycles. The molecule has 1 rings (SSSR count). The van der Waals surface area contributed by atoms with E-state index >= 15 is 0 Å². The topological polar surface area (TPSA) is 81.4 Å². The summed E-state index contributed by atoms with van der Waals surface area (Å²) in [7, 11) is -3.98. The first-order valence-corrected chi connectivity index (χ1v) is 6.76. The number of para-hydroxylation sites is 1. The molecule has 0 saturated heterocycles. The predicted octanol–water partition coefficient (Wildman–Crippen LogP) is 1.29. The van der Waals surface area contributed by atoms with Crippen molar-refractivity contribution in [2.24, 2.45) is 0 Å². The Kier molecular flexibility index (Phi) is 4.94. The number of hydrogen-bond donors (Lipinski definition) is 1. The second-order valence-electron chi connectivity index (χ2n) is 3.52. The third kappa shape index (κ3) is 5.33. The lowest BCUT2D eigenvalue weighted by Gasteiger charge is -2.22. The van der Waals surface area contributed by atoms with Gasteiger partial charge in [0.25, 0.3) is 10.1 Å². The van der Waals surface area contributed by atoms with Gasteiger partial charge < -0.3 is 4.90 Å². The first kappa shape index (κ1) is 13.5. The van der Waals surface area contributed by atoms with Gasteiger partial charge in [0.15, 0.2) is 0 Å². The zero-order valence-corrected chi connectivity index (χ0v) is 10.1. The Balaban J connectivity index is 2.71. The molecule has 0 aliphatic heterocycles. The Bertz CT molecular complexity index is 479. The van der Waals surface area contributed by atoms with Crippen molar-refractivity contribution in [3.63, 3.8) is 0 Å². The Hall–Kier alpha value is -1.58. The van der Waals surface area contributed by atoms with Crippen LogP contribution < -0.4 is 4.90 Å². The summed E-state index contributed by atoms with van der Waals surface area (Å²) in [4.78, 5) is 1.76. The first-order chi connectivity index (χ1) is 8.03. The van der Waals surface area contributed by atoms with Crippen LogP contribution in [0.1, 0.15) is 6.42 Å². The average Bonchev–Trinajstić information content (AvgIpc) is 2.29. The maximum absolute atomic E-state index is 10.7. The van der Waals surface area contributed by atoms with E-state index in [2.05, 4.69) is 0 Å². The average molecular weight is 254 g/mol. The molecule has 0 spiro atoms. The van der Waals surface area contributed by atoms with Gasteiger partial charge >= 0.3 is 0 Å². The minimum Gasteiger partial charge on any atom is -0.369 e. The van der Waals surface area contributed by atoms with Crippen LogP contribution in [0.2, 0.25) is 0 Å². The minimum absolute atomic E-state index is 0.171. The first-order valence-electron chi connectivity index (χ1n) is 5.15. The molecule has 17 heavy (non-hydrogen) atoms. The van der Waals surface area contributed by atoms with Crippen LogP contribution in [0.3, 0.4) is 0 Å². The molecule has 0 saturated carbocycles. The Morgan fingerprint density at radius 1 is 1.24 bits per heavy atom. The van der Waals surface area contributed by atoms with Crippen molar-refractivity contribution in [3.05, 3.63) is 30.3 Å². The monoisotopic (exact) mass is 254 g/mol. The van der Waals surface area contributed by atoms with E-state index in [9.17, 15) is 8.42 Å². The van der Waals surface area contributed by atoms with Crippen LogP contribution in [0, 0.1) is 11.3 Å². The van der Waals surface area contributed by atoms with Gasteiger partial charge in [-0.05, 0) is 12.1 Å². The summed E-state index contributed by atoms with van der Waals surface area (Å²) in [5.41, 5.74) is 0.839. The normalized spacial score (nSPS) is 10.8. The number of nitrogens with zero attached hydrogens (tertiary/aromatic N) is 2. The lowest BCUT2D eigenvalue weighted by Crippen LogP contribution is -2.30. The second-order valence-corrected chi connectivity index (χ2v) is 5.09. The molecule has 0 aromatic heterocycles. The fourth-order valence-electron chi connectivity index (χ4n) is 1.42. The van der Waals surface area contributed by atoms with Crippen molar-refractivity contribution < 1.29 is 13.0 Å². The maximum atomic E-state index is 10.7. The highest BCUT2D eigenvalue weighted by Crippen LogP contribution is 2.13. The van der Waals surface area contributed by atoms with Crippen molar-refractivity contribution in [3.8, 4) is 6.07 Å². The largest absolute Gasteiger partial charge is 0.369 e. The van der Waals surface area contributed by atoms with E-state index in [1.165, 1.54) is 0 Å². The van der Waals surface area contributed by atoms with Gasteiger partial charge in [-0.2, -0.15) is 13.7 Å². The quantitative estimate of drug-likeness (QED) is 0.774. The second kappa shape index (κ2) is 6.23. The van der Waals surface area contributed by atoms with Crippen LogP contribution in [0.5, 0.6) is 0 Å². The fourth-order valence-corrected chi connectivity index (χ4v) is 1.87. The van der Waals surface area contributed by atoms with Crippen molar-refractivity contribution in [2.45, 2.75) is 6.42 Å². The molecule has 0 amide bonds. The fraction of sp³-hybridized carbons (Fsp3) is 0.364. The molecule has 0 fully saturated rings. The summed E-state index contributed by atoms with van der Waals surface area (Å²) in [6.07, 6.45) is 0.306. The van der Waals surface area contributed by atoms with Gasteiger partial charge in [-0.15, -0.1) is 0 Å². The van der Waals surface area contributed by atoms with Crippen molar-refractivity contribution >= 4 is 15.8 Å². The summed E-state index contributed by atoms with van der Waals surface area (Å²) in [6.45, 7) is 0.612. The molecule has 0 aliphatic rings. The van der Waals surface area contributed by atoms with E-state index in [1.807, 2.05) is 36.4 Å². The summed E-state index contributed by atoms with van der Waals surface area (Å²) >= 11 is 0. The Labute approximate surface area is 101 Å².